The van der Waals surface area contributed by atoms with E-state index in [4.69, 9.17) is 0 Å². The predicted octanol–water partition coefficient (Wildman–Crippen LogP) is 2.47. The van der Waals surface area contributed by atoms with Crippen molar-refractivity contribution in [3.63, 3.8) is 0 Å². The SMILES string of the molecule is CNC(CN(C)Cc1ccncc1)c1ccccc1. The first-order chi connectivity index (χ1) is 9.29. The molecule has 3 nitrogen and oxygen atoms in total. The van der Waals surface area contributed by atoms with E-state index in [0.29, 0.717) is 6.04 Å². The Hall–Kier alpha value is -1.71. The molecule has 0 aliphatic carbocycles. The van der Waals surface area contributed by atoms with E-state index in [2.05, 4.69) is 64.7 Å². The molecule has 0 radical (unpaired) electrons. The fourth-order valence-corrected chi connectivity index (χ4v) is 2.22. The van der Waals surface area contributed by atoms with Gasteiger partial charge in [0.25, 0.3) is 0 Å². The van der Waals surface area contributed by atoms with Crippen LogP contribution in [0.25, 0.3) is 0 Å². The minimum Gasteiger partial charge on any atom is -0.312 e. The molecule has 0 fully saturated rings. The average molecular weight is 255 g/mol. The molecule has 0 saturated heterocycles. The second-order valence-corrected chi connectivity index (χ2v) is 4.80. The van der Waals surface area contributed by atoms with Gasteiger partial charge in [-0.1, -0.05) is 30.3 Å². The molecule has 3 heteroatoms. The Labute approximate surface area is 115 Å². The molecule has 1 unspecified atom stereocenters. The summed E-state index contributed by atoms with van der Waals surface area (Å²) in [5.74, 6) is 0. The Morgan fingerprint density at radius 2 is 1.79 bits per heavy atom. The molecular weight excluding hydrogens is 234 g/mol. The highest BCUT2D eigenvalue weighted by atomic mass is 15.1. The molecule has 0 amide bonds. The van der Waals surface area contributed by atoms with Crippen molar-refractivity contribution in [1.82, 2.24) is 15.2 Å². The number of nitrogens with one attached hydrogen (secondary N) is 1. The zero-order chi connectivity index (χ0) is 13.5. The van der Waals surface area contributed by atoms with Crippen molar-refractivity contribution in [2.45, 2.75) is 12.6 Å². The van der Waals surface area contributed by atoms with Crippen LogP contribution in [0.3, 0.4) is 0 Å². The Bertz CT molecular complexity index is 470. The normalized spacial score (nSPS) is 12.6. The summed E-state index contributed by atoms with van der Waals surface area (Å²) in [5.41, 5.74) is 2.62. The van der Waals surface area contributed by atoms with Crippen LogP contribution < -0.4 is 5.32 Å². The Morgan fingerprint density at radius 1 is 1.11 bits per heavy atom. The smallest absolute Gasteiger partial charge is 0.0446 e. The van der Waals surface area contributed by atoms with Gasteiger partial charge in [-0.25, -0.2) is 0 Å². The number of hydrogen-bond acceptors (Lipinski definition) is 3. The van der Waals surface area contributed by atoms with Gasteiger partial charge in [0.2, 0.25) is 0 Å². The van der Waals surface area contributed by atoms with Crippen LogP contribution in [0.15, 0.2) is 54.9 Å². The van der Waals surface area contributed by atoms with Crippen LogP contribution in [0.1, 0.15) is 17.2 Å². The van der Waals surface area contributed by atoms with E-state index in [0.717, 1.165) is 13.1 Å². The Kier molecular flexibility index (Phi) is 5.07. The fourth-order valence-electron chi connectivity index (χ4n) is 2.22. The van der Waals surface area contributed by atoms with Crippen LogP contribution in [0.4, 0.5) is 0 Å². The quantitative estimate of drug-likeness (QED) is 0.859. The van der Waals surface area contributed by atoms with E-state index < -0.39 is 0 Å². The van der Waals surface area contributed by atoms with E-state index in [1.165, 1.54) is 11.1 Å². The molecule has 1 aromatic heterocycles. The van der Waals surface area contributed by atoms with Crippen molar-refractivity contribution in [1.29, 1.82) is 0 Å². The van der Waals surface area contributed by atoms with Gasteiger partial charge in [-0.3, -0.25) is 4.98 Å². The third-order valence-corrected chi connectivity index (χ3v) is 3.25. The van der Waals surface area contributed by atoms with E-state index in [-0.39, 0.29) is 0 Å². The molecule has 0 spiro atoms. The fraction of sp³-hybridized carbons (Fsp3) is 0.312. The van der Waals surface area contributed by atoms with Crippen LogP contribution >= 0.6 is 0 Å². The van der Waals surface area contributed by atoms with Gasteiger partial charge in [0, 0.05) is 31.5 Å². The van der Waals surface area contributed by atoms with Gasteiger partial charge >= 0.3 is 0 Å². The maximum absolute atomic E-state index is 4.05. The number of benzene rings is 1. The highest BCUT2D eigenvalue weighted by molar-refractivity contribution is 5.19. The van der Waals surface area contributed by atoms with Crippen LogP contribution in [0, 0.1) is 0 Å². The first-order valence-corrected chi connectivity index (χ1v) is 6.59. The van der Waals surface area contributed by atoms with E-state index in [1.807, 2.05) is 19.4 Å². The number of nitrogens with zero attached hydrogens (tertiary/aromatic N) is 2. The van der Waals surface area contributed by atoms with Crippen LogP contribution in [0.2, 0.25) is 0 Å². The molecular formula is C16H21N3. The van der Waals surface area contributed by atoms with E-state index in [9.17, 15) is 0 Å². The largest absolute Gasteiger partial charge is 0.312 e. The summed E-state index contributed by atoms with van der Waals surface area (Å²) in [6.07, 6.45) is 3.69. The van der Waals surface area contributed by atoms with Crippen molar-refractivity contribution in [3.8, 4) is 0 Å². The number of aromatic nitrogens is 1. The molecule has 1 N–H and O–H groups in total. The molecule has 2 rings (SSSR count). The number of likely N-dealkylation sites (N-methyl/N-ethyl adjacent to an activating group) is 2. The second kappa shape index (κ2) is 7.02. The molecule has 0 aliphatic rings. The molecule has 0 aliphatic heterocycles. The third kappa shape index (κ3) is 4.16. The first-order valence-electron chi connectivity index (χ1n) is 6.59. The van der Waals surface area contributed by atoms with Gasteiger partial charge in [0.1, 0.15) is 0 Å². The van der Waals surface area contributed by atoms with Gasteiger partial charge in [-0.15, -0.1) is 0 Å². The van der Waals surface area contributed by atoms with Crippen molar-refractivity contribution in [2.24, 2.45) is 0 Å². The summed E-state index contributed by atoms with van der Waals surface area (Å²) in [6, 6.07) is 15.0. The zero-order valence-electron chi connectivity index (χ0n) is 11.6. The van der Waals surface area contributed by atoms with Crippen molar-refractivity contribution < 1.29 is 0 Å². The molecule has 1 atom stereocenters. The number of hydrogen-bond donors (Lipinski definition) is 1. The standard InChI is InChI=1S/C16H21N3/c1-17-16(15-6-4-3-5-7-15)13-19(2)12-14-8-10-18-11-9-14/h3-11,16-17H,12-13H2,1-2H3. The third-order valence-electron chi connectivity index (χ3n) is 3.25. The lowest BCUT2D eigenvalue weighted by Gasteiger charge is -2.24. The summed E-state index contributed by atoms with van der Waals surface area (Å²) >= 11 is 0. The summed E-state index contributed by atoms with van der Waals surface area (Å²) in [7, 11) is 4.16. The predicted molar refractivity (Wildman–Crippen MR) is 78.8 cm³/mol. The lowest BCUT2D eigenvalue weighted by Crippen LogP contribution is -2.30. The average Bonchev–Trinajstić information content (AvgIpc) is 2.47. The highest BCUT2D eigenvalue weighted by Crippen LogP contribution is 2.14. The lowest BCUT2D eigenvalue weighted by molar-refractivity contribution is 0.289. The molecule has 0 bridgehead atoms. The monoisotopic (exact) mass is 255 g/mol. The van der Waals surface area contributed by atoms with E-state index in [1.54, 1.807) is 0 Å². The minimum absolute atomic E-state index is 0.355. The summed E-state index contributed by atoms with van der Waals surface area (Å²) in [4.78, 5) is 6.37. The van der Waals surface area contributed by atoms with Crippen LogP contribution in [-0.4, -0.2) is 30.5 Å². The van der Waals surface area contributed by atoms with Gasteiger partial charge < -0.3 is 10.2 Å². The molecule has 19 heavy (non-hydrogen) atoms. The van der Waals surface area contributed by atoms with E-state index >= 15 is 0 Å². The topological polar surface area (TPSA) is 28.2 Å². The molecule has 1 heterocycles. The zero-order valence-corrected chi connectivity index (χ0v) is 11.6. The summed E-state index contributed by atoms with van der Waals surface area (Å²) in [5, 5.41) is 3.38. The molecule has 1 aromatic carbocycles. The Balaban J connectivity index is 1.95. The number of pyridine rings is 1. The van der Waals surface area contributed by atoms with Crippen molar-refractivity contribution in [3.05, 3.63) is 66.0 Å². The van der Waals surface area contributed by atoms with Gasteiger partial charge in [0.05, 0.1) is 0 Å². The summed E-state index contributed by atoms with van der Waals surface area (Å²) < 4.78 is 0. The Morgan fingerprint density at radius 3 is 2.42 bits per heavy atom. The number of rotatable bonds is 6. The molecule has 100 valence electrons. The highest BCUT2D eigenvalue weighted by Gasteiger charge is 2.11. The summed E-state index contributed by atoms with van der Waals surface area (Å²) in [6.45, 7) is 1.91. The molecule has 2 aromatic rings. The van der Waals surface area contributed by atoms with Crippen LogP contribution in [-0.2, 0) is 6.54 Å². The maximum Gasteiger partial charge on any atom is 0.0446 e. The second-order valence-electron chi connectivity index (χ2n) is 4.80. The van der Waals surface area contributed by atoms with Crippen molar-refractivity contribution in [2.75, 3.05) is 20.6 Å². The lowest BCUT2D eigenvalue weighted by atomic mass is 10.1. The van der Waals surface area contributed by atoms with Crippen LogP contribution in [0.5, 0.6) is 0 Å². The van der Waals surface area contributed by atoms with Gasteiger partial charge in [-0.05, 0) is 37.4 Å². The van der Waals surface area contributed by atoms with Crippen molar-refractivity contribution >= 4 is 0 Å². The molecule has 0 saturated carbocycles. The maximum atomic E-state index is 4.05. The van der Waals surface area contributed by atoms with Gasteiger partial charge in [-0.2, -0.15) is 0 Å². The van der Waals surface area contributed by atoms with Gasteiger partial charge in [0.15, 0.2) is 0 Å². The first kappa shape index (κ1) is 13.7. The minimum atomic E-state index is 0.355.